The molecule has 7 rings (SSSR count). The van der Waals surface area contributed by atoms with Crippen LogP contribution in [0, 0.1) is 0 Å². The van der Waals surface area contributed by atoms with Gasteiger partial charge in [-0.05, 0) is 97.6 Å². The fraction of sp³-hybridized carbons (Fsp3) is 0.0600. The number of pyridine rings is 1. The molecule has 0 radical (unpaired) electrons. The SMILES string of the molecule is C=C/C=C(\C)C(=C)N=C(N=Cc1ccc(-c2cccnc2)cc1)c1cccc(/C2=c3\cccc\c3=C(/c3cccc4ccccc34)C/C=C\C=C/C2)c1. The topological polar surface area (TPSA) is 37.6 Å². The molecular weight excluding hydrogens is 643 g/mol. The first-order chi connectivity index (χ1) is 26.1. The number of rotatable bonds is 8. The zero-order chi connectivity index (χ0) is 36.4. The van der Waals surface area contributed by atoms with Gasteiger partial charge in [0.05, 0.1) is 5.70 Å². The summed E-state index contributed by atoms with van der Waals surface area (Å²) in [5.41, 5.74) is 10.5. The van der Waals surface area contributed by atoms with Crippen molar-refractivity contribution in [1.29, 1.82) is 0 Å². The highest BCUT2D eigenvalue weighted by molar-refractivity contribution is 6.06. The van der Waals surface area contributed by atoms with Gasteiger partial charge >= 0.3 is 0 Å². The van der Waals surface area contributed by atoms with Gasteiger partial charge in [0.15, 0.2) is 5.84 Å². The van der Waals surface area contributed by atoms with Crippen molar-refractivity contribution in [3.05, 3.63) is 233 Å². The number of amidine groups is 1. The number of nitrogens with zero attached hydrogens (tertiary/aromatic N) is 3. The number of fused-ring (bicyclic) bond motifs is 2. The van der Waals surface area contributed by atoms with Crippen LogP contribution >= 0.6 is 0 Å². The highest BCUT2D eigenvalue weighted by Gasteiger charge is 2.12. The second kappa shape index (κ2) is 16.5. The Morgan fingerprint density at radius 1 is 0.698 bits per heavy atom. The molecule has 1 aliphatic carbocycles. The number of aromatic nitrogens is 1. The number of aliphatic imine (C=N–C) groups is 2. The van der Waals surface area contributed by atoms with E-state index in [4.69, 9.17) is 9.98 Å². The van der Waals surface area contributed by atoms with Crippen molar-refractivity contribution in [2.45, 2.75) is 19.8 Å². The molecule has 256 valence electrons. The van der Waals surface area contributed by atoms with E-state index in [1.165, 1.54) is 37.9 Å². The van der Waals surface area contributed by atoms with E-state index in [1.54, 1.807) is 12.3 Å². The van der Waals surface area contributed by atoms with Gasteiger partial charge in [-0.2, -0.15) is 0 Å². The smallest absolute Gasteiger partial charge is 0.159 e. The zero-order valence-electron chi connectivity index (χ0n) is 30.0. The summed E-state index contributed by atoms with van der Waals surface area (Å²) < 4.78 is 0. The van der Waals surface area contributed by atoms with Crippen molar-refractivity contribution in [2.24, 2.45) is 9.98 Å². The van der Waals surface area contributed by atoms with Gasteiger partial charge in [0.1, 0.15) is 0 Å². The van der Waals surface area contributed by atoms with E-state index in [0.29, 0.717) is 11.5 Å². The molecule has 1 aliphatic rings. The van der Waals surface area contributed by atoms with E-state index in [1.807, 2.05) is 31.5 Å². The zero-order valence-corrected chi connectivity index (χ0v) is 30.0. The highest BCUT2D eigenvalue weighted by Crippen LogP contribution is 2.27. The summed E-state index contributed by atoms with van der Waals surface area (Å²) in [6, 6.07) is 45.0. The molecule has 0 amide bonds. The Bertz CT molecular complexity index is 2570. The maximum atomic E-state index is 4.98. The monoisotopic (exact) mass is 683 g/mol. The van der Waals surface area contributed by atoms with Crippen LogP contribution in [0.1, 0.15) is 42.0 Å². The minimum absolute atomic E-state index is 0.584. The average Bonchev–Trinajstić information content (AvgIpc) is 3.21. The Morgan fingerprint density at radius 2 is 1.40 bits per heavy atom. The first-order valence-corrected chi connectivity index (χ1v) is 17.9. The van der Waals surface area contributed by atoms with Crippen molar-refractivity contribution < 1.29 is 0 Å². The van der Waals surface area contributed by atoms with Crippen LogP contribution in [0.3, 0.4) is 0 Å². The molecule has 0 fully saturated rings. The van der Waals surface area contributed by atoms with Crippen LogP contribution in [0.25, 0.3) is 33.0 Å². The minimum Gasteiger partial charge on any atom is -0.264 e. The summed E-state index contributed by atoms with van der Waals surface area (Å²) in [6.45, 7) is 10.1. The number of allylic oxidation sites excluding steroid dienone is 7. The van der Waals surface area contributed by atoms with Gasteiger partial charge in [-0.3, -0.25) is 4.98 Å². The average molecular weight is 684 g/mol. The van der Waals surface area contributed by atoms with Gasteiger partial charge in [0, 0.05) is 24.2 Å². The molecule has 0 N–H and O–H groups in total. The molecule has 0 saturated heterocycles. The Kier molecular flexibility index (Phi) is 10.8. The van der Waals surface area contributed by atoms with Gasteiger partial charge in [-0.25, -0.2) is 9.98 Å². The van der Waals surface area contributed by atoms with Crippen LogP contribution in [-0.4, -0.2) is 17.0 Å². The van der Waals surface area contributed by atoms with Crippen molar-refractivity contribution in [3.63, 3.8) is 0 Å². The van der Waals surface area contributed by atoms with Crippen LogP contribution in [-0.2, 0) is 0 Å². The molecule has 3 heteroatoms. The molecule has 1 aromatic heterocycles. The summed E-state index contributed by atoms with van der Waals surface area (Å²) in [5.74, 6) is 0.584. The lowest BCUT2D eigenvalue weighted by Crippen LogP contribution is -2.30. The maximum Gasteiger partial charge on any atom is 0.159 e. The maximum absolute atomic E-state index is 4.98. The van der Waals surface area contributed by atoms with Crippen LogP contribution in [0.15, 0.2) is 211 Å². The van der Waals surface area contributed by atoms with Crippen molar-refractivity contribution in [1.82, 2.24) is 4.98 Å². The van der Waals surface area contributed by atoms with E-state index in [-0.39, 0.29) is 0 Å². The Hall–Kier alpha value is -6.71. The Labute approximate surface area is 312 Å². The molecule has 3 nitrogen and oxygen atoms in total. The molecule has 1 heterocycles. The fourth-order valence-corrected chi connectivity index (χ4v) is 6.71. The predicted octanol–water partition coefficient (Wildman–Crippen LogP) is 10.7. The third-order valence-corrected chi connectivity index (χ3v) is 9.49. The van der Waals surface area contributed by atoms with E-state index < -0.39 is 0 Å². The largest absolute Gasteiger partial charge is 0.264 e. The van der Waals surface area contributed by atoms with Crippen LogP contribution in [0.4, 0.5) is 0 Å². The van der Waals surface area contributed by atoms with E-state index in [2.05, 4.69) is 164 Å². The quantitative estimate of drug-likeness (QED) is 0.0894. The molecule has 5 aromatic carbocycles. The second-order valence-corrected chi connectivity index (χ2v) is 13.0. The van der Waals surface area contributed by atoms with Crippen molar-refractivity contribution in [2.75, 3.05) is 0 Å². The molecule has 0 spiro atoms. The van der Waals surface area contributed by atoms with E-state index >= 15 is 0 Å². The molecule has 0 saturated carbocycles. The summed E-state index contributed by atoms with van der Waals surface area (Å²) in [6.07, 6.45) is 19.6. The normalized spacial score (nSPS) is 16.9. The molecule has 0 atom stereocenters. The Balaban J connectivity index is 1.37. The standard InChI is InChI=1S/C50H41N3/c1-4-16-36(2)37(3)53-50(52-34-38-28-30-39(31-29-38)43-21-15-32-51-35-43)42-20-13-19-41(33-42)45-22-7-5-6-8-24-48(49-26-12-11-25-46(45)49)47-27-14-18-40-17-9-10-23-44(40)47/h4-21,23,25-35H,1,3,22,24H2,2H3/b7-5-,8-6-,36-16+,46-45+,49-48+,52-34?,53-50?. The number of benzene rings is 5. The summed E-state index contributed by atoms with van der Waals surface area (Å²) in [5, 5.41) is 4.96. The summed E-state index contributed by atoms with van der Waals surface area (Å²) in [4.78, 5) is 14.2. The second-order valence-electron chi connectivity index (χ2n) is 13.0. The van der Waals surface area contributed by atoms with E-state index in [0.717, 1.165) is 46.2 Å². The van der Waals surface area contributed by atoms with Crippen molar-refractivity contribution >= 4 is 34.0 Å². The molecule has 0 bridgehead atoms. The fourth-order valence-electron chi connectivity index (χ4n) is 6.71. The Morgan fingerprint density at radius 3 is 2.17 bits per heavy atom. The first-order valence-electron chi connectivity index (χ1n) is 17.9. The number of hydrogen-bond donors (Lipinski definition) is 0. The highest BCUT2D eigenvalue weighted by atomic mass is 14.9. The lowest BCUT2D eigenvalue weighted by Gasteiger charge is -2.14. The predicted molar refractivity (Wildman–Crippen MR) is 226 cm³/mol. The van der Waals surface area contributed by atoms with Gasteiger partial charge in [0.25, 0.3) is 0 Å². The van der Waals surface area contributed by atoms with Gasteiger partial charge in [0.2, 0.25) is 0 Å². The lowest BCUT2D eigenvalue weighted by atomic mass is 9.90. The molecule has 53 heavy (non-hydrogen) atoms. The molecule has 0 unspecified atom stereocenters. The summed E-state index contributed by atoms with van der Waals surface area (Å²) >= 11 is 0. The van der Waals surface area contributed by atoms with Crippen molar-refractivity contribution in [3.8, 4) is 11.1 Å². The van der Waals surface area contributed by atoms with Gasteiger partial charge in [-0.15, -0.1) is 0 Å². The lowest BCUT2D eigenvalue weighted by molar-refractivity contribution is 1.27. The van der Waals surface area contributed by atoms with Crippen LogP contribution < -0.4 is 10.4 Å². The minimum atomic E-state index is 0.584. The van der Waals surface area contributed by atoms with E-state index in [9.17, 15) is 0 Å². The van der Waals surface area contributed by atoms with Crippen LogP contribution in [0.2, 0.25) is 0 Å². The molecule has 6 aromatic rings. The molecule has 0 aliphatic heterocycles. The van der Waals surface area contributed by atoms with Gasteiger partial charge in [-0.1, -0.05) is 165 Å². The molecular formula is C50H41N3. The van der Waals surface area contributed by atoms with Gasteiger partial charge < -0.3 is 0 Å². The first kappa shape index (κ1) is 34.7. The summed E-state index contributed by atoms with van der Waals surface area (Å²) in [7, 11) is 0. The third-order valence-electron chi connectivity index (χ3n) is 9.49. The third kappa shape index (κ3) is 8.11. The number of hydrogen-bond acceptors (Lipinski definition) is 2. The van der Waals surface area contributed by atoms with Crippen LogP contribution in [0.5, 0.6) is 0 Å².